The number of hydrogen-bond acceptors (Lipinski definition) is 3. The quantitative estimate of drug-likeness (QED) is 0.621. The molecule has 0 saturated carbocycles. The predicted octanol–water partition coefficient (Wildman–Crippen LogP) is 5.32. The number of hydrogen-bond donors (Lipinski definition) is 0. The van der Waals surface area contributed by atoms with Crippen LogP contribution in [-0.4, -0.2) is 52.5 Å². The van der Waals surface area contributed by atoms with E-state index in [0.29, 0.717) is 19.0 Å². The number of benzene rings is 1. The van der Waals surface area contributed by atoms with E-state index in [4.69, 9.17) is 16.3 Å². The Hall–Kier alpha value is -1.47. The van der Waals surface area contributed by atoms with Crippen LogP contribution in [0, 0.1) is 0 Å². The van der Waals surface area contributed by atoms with Crippen molar-refractivity contribution < 1.29 is 22.7 Å². The highest BCUT2D eigenvalue weighted by Gasteiger charge is 2.38. The van der Waals surface area contributed by atoms with E-state index in [2.05, 4.69) is 4.90 Å². The number of piperazine rings is 1. The molecule has 1 aromatic carbocycles. The van der Waals surface area contributed by atoms with Crippen LogP contribution >= 0.6 is 11.6 Å². The zero-order valence-electron chi connectivity index (χ0n) is 16.9. The standard InChI is InChI=1S/C20H28ClF3N2O2/c1-13-11-26(14(2)15-6-8-16(9-7-15)20(22,23)24)17(10-21)12-25(13)18(27)28-19(3,4)5/h6-9,13-14,17H,10-12H2,1-5H3/t13-,14?,17+/m0/s1. The van der Waals surface area contributed by atoms with E-state index in [1.54, 1.807) is 4.90 Å². The topological polar surface area (TPSA) is 32.8 Å². The lowest BCUT2D eigenvalue weighted by Gasteiger charge is -2.47. The third-order valence-corrected chi connectivity index (χ3v) is 5.26. The van der Waals surface area contributed by atoms with Crippen LogP contribution in [0.15, 0.2) is 24.3 Å². The van der Waals surface area contributed by atoms with Gasteiger partial charge in [0.2, 0.25) is 0 Å². The van der Waals surface area contributed by atoms with E-state index in [1.165, 1.54) is 12.1 Å². The predicted molar refractivity (Wildman–Crippen MR) is 103 cm³/mol. The summed E-state index contributed by atoms with van der Waals surface area (Å²) in [4.78, 5) is 16.3. The lowest BCUT2D eigenvalue weighted by atomic mass is 10.00. The maximum absolute atomic E-state index is 12.8. The van der Waals surface area contributed by atoms with E-state index >= 15 is 0 Å². The SMILES string of the molecule is CC(c1ccc(C(F)(F)F)cc1)N1C[C@H](C)N(C(=O)OC(C)(C)C)C[C@H]1CCl. The number of alkyl halides is 4. The fraction of sp³-hybridized carbons (Fsp3) is 0.650. The Labute approximate surface area is 169 Å². The number of ether oxygens (including phenoxy) is 1. The molecule has 28 heavy (non-hydrogen) atoms. The largest absolute Gasteiger partial charge is 0.444 e. The number of carbonyl (C=O) groups is 1. The van der Waals surface area contributed by atoms with Gasteiger partial charge in [-0.3, -0.25) is 4.90 Å². The Bertz CT molecular complexity index is 674. The van der Waals surface area contributed by atoms with Gasteiger partial charge in [0.25, 0.3) is 0 Å². The van der Waals surface area contributed by atoms with Gasteiger partial charge < -0.3 is 9.64 Å². The lowest BCUT2D eigenvalue weighted by Crippen LogP contribution is -2.60. The molecule has 0 radical (unpaired) electrons. The van der Waals surface area contributed by atoms with Gasteiger partial charge in [0.1, 0.15) is 5.60 Å². The van der Waals surface area contributed by atoms with Gasteiger partial charge in [-0.15, -0.1) is 11.6 Å². The van der Waals surface area contributed by atoms with Gasteiger partial charge >= 0.3 is 12.3 Å². The maximum Gasteiger partial charge on any atom is 0.416 e. The first-order valence-corrected chi connectivity index (χ1v) is 9.85. The molecule has 1 heterocycles. The molecule has 0 N–H and O–H groups in total. The van der Waals surface area contributed by atoms with E-state index in [0.717, 1.165) is 17.7 Å². The number of rotatable bonds is 3. The molecule has 3 atom stereocenters. The molecule has 2 rings (SSSR count). The highest BCUT2D eigenvalue weighted by Crippen LogP contribution is 2.32. The minimum absolute atomic E-state index is 0.105. The molecule has 0 spiro atoms. The molecule has 8 heteroatoms. The summed E-state index contributed by atoms with van der Waals surface area (Å²) in [6, 6.07) is 4.85. The zero-order valence-corrected chi connectivity index (χ0v) is 17.6. The lowest BCUT2D eigenvalue weighted by molar-refractivity contribution is -0.137. The second-order valence-corrected chi connectivity index (χ2v) is 8.59. The third-order valence-electron chi connectivity index (χ3n) is 4.91. The molecule has 4 nitrogen and oxygen atoms in total. The summed E-state index contributed by atoms with van der Waals surface area (Å²) in [6.07, 6.45) is -4.73. The molecule has 1 unspecified atom stereocenters. The summed E-state index contributed by atoms with van der Waals surface area (Å²) >= 11 is 6.17. The summed E-state index contributed by atoms with van der Waals surface area (Å²) in [6.45, 7) is 10.3. The van der Waals surface area contributed by atoms with Crippen LogP contribution in [-0.2, 0) is 10.9 Å². The maximum atomic E-state index is 12.8. The summed E-state index contributed by atoms with van der Waals surface area (Å²) in [7, 11) is 0. The molecule has 1 fully saturated rings. The zero-order chi connectivity index (χ0) is 21.3. The van der Waals surface area contributed by atoms with Crippen molar-refractivity contribution in [3.8, 4) is 0 Å². The molecule has 1 aliphatic rings. The van der Waals surface area contributed by atoms with Crippen molar-refractivity contribution >= 4 is 17.7 Å². The van der Waals surface area contributed by atoms with Gasteiger partial charge in [0, 0.05) is 37.1 Å². The average Bonchev–Trinajstić information content (AvgIpc) is 2.58. The molecule has 1 aromatic rings. The molecular formula is C20H28ClF3N2O2. The van der Waals surface area contributed by atoms with E-state index in [-0.39, 0.29) is 24.2 Å². The van der Waals surface area contributed by atoms with Crippen molar-refractivity contribution in [2.45, 2.75) is 64.5 Å². The van der Waals surface area contributed by atoms with Crippen LogP contribution in [0.5, 0.6) is 0 Å². The summed E-state index contributed by atoms with van der Waals surface area (Å²) in [5, 5.41) is 0. The Morgan fingerprint density at radius 1 is 1.21 bits per heavy atom. The number of carbonyl (C=O) groups excluding carboxylic acids is 1. The monoisotopic (exact) mass is 420 g/mol. The number of amides is 1. The van der Waals surface area contributed by atoms with Crippen LogP contribution < -0.4 is 0 Å². The van der Waals surface area contributed by atoms with Crippen molar-refractivity contribution in [1.82, 2.24) is 9.80 Å². The molecule has 158 valence electrons. The Balaban J connectivity index is 2.15. The number of nitrogens with zero attached hydrogens (tertiary/aromatic N) is 2. The van der Waals surface area contributed by atoms with E-state index in [1.807, 2.05) is 34.6 Å². The van der Waals surface area contributed by atoms with Crippen LogP contribution in [0.3, 0.4) is 0 Å². The molecule has 1 saturated heterocycles. The first-order valence-electron chi connectivity index (χ1n) is 9.32. The smallest absolute Gasteiger partial charge is 0.416 e. The fourth-order valence-electron chi connectivity index (χ4n) is 3.39. The summed E-state index contributed by atoms with van der Waals surface area (Å²) in [5.41, 5.74) is -0.473. The Morgan fingerprint density at radius 2 is 1.79 bits per heavy atom. The third kappa shape index (κ3) is 5.54. The van der Waals surface area contributed by atoms with E-state index < -0.39 is 17.3 Å². The summed E-state index contributed by atoms with van der Waals surface area (Å²) in [5.74, 6) is 0.303. The van der Waals surface area contributed by atoms with Gasteiger partial charge in [0.05, 0.1) is 5.56 Å². The van der Waals surface area contributed by atoms with Gasteiger partial charge in [0.15, 0.2) is 0 Å². The first-order chi connectivity index (χ1) is 12.8. The second-order valence-electron chi connectivity index (χ2n) is 8.28. The van der Waals surface area contributed by atoms with Gasteiger partial charge in [-0.25, -0.2) is 4.79 Å². The van der Waals surface area contributed by atoms with E-state index in [9.17, 15) is 18.0 Å². The first kappa shape index (κ1) is 22.8. The highest BCUT2D eigenvalue weighted by molar-refractivity contribution is 6.18. The van der Waals surface area contributed by atoms with Crippen molar-refractivity contribution in [2.75, 3.05) is 19.0 Å². The molecule has 0 aliphatic carbocycles. The molecule has 0 aromatic heterocycles. The summed E-state index contributed by atoms with van der Waals surface area (Å²) < 4.78 is 43.9. The Kier molecular flexibility index (Phi) is 6.92. The molecular weight excluding hydrogens is 393 g/mol. The second kappa shape index (κ2) is 8.49. The van der Waals surface area contributed by atoms with Gasteiger partial charge in [-0.2, -0.15) is 13.2 Å². The minimum Gasteiger partial charge on any atom is -0.444 e. The van der Waals surface area contributed by atoms with Crippen molar-refractivity contribution in [1.29, 1.82) is 0 Å². The average molecular weight is 421 g/mol. The van der Waals surface area contributed by atoms with Crippen LogP contribution in [0.1, 0.15) is 51.8 Å². The van der Waals surface area contributed by atoms with Crippen molar-refractivity contribution in [2.24, 2.45) is 0 Å². The Morgan fingerprint density at radius 3 is 2.25 bits per heavy atom. The molecule has 0 bridgehead atoms. The minimum atomic E-state index is -4.35. The molecule has 1 aliphatic heterocycles. The number of halogens is 4. The molecule has 1 amide bonds. The normalized spacial score (nSPS) is 22.8. The highest BCUT2D eigenvalue weighted by atomic mass is 35.5. The van der Waals surface area contributed by atoms with Crippen LogP contribution in [0.4, 0.5) is 18.0 Å². The van der Waals surface area contributed by atoms with Crippen molar-refractivity contribution in [3.05, 3.63) is 35.4 Å². The van der Waals surface area contributed by atoms with Crippen molar-refractivity contribution in [3.63, 3.8) is 0 Å². The van der Waals surface area contributed by atoms with Crippen LogP contribution in [0.25, 0.3) is 0 Å². The van der Waals surface area contributed by atoms with Gasteiger partial charge in [-0.1, -0.05) is 12.1 Å². The van der Waals surface area contributed by atoms with Gasteiger partial charge in [-0.05, 0) is 52.3 Å². The van der Waals surface area contributed by atoms with Crippen LogP contribution in [0.2, 0.25) is 0 Å². The fourth-order valence-corrected chi connectivity index (χ4v) is 3.67.